The molecule has 0 bridgehead atoms. The van der Waals surface area contributed by atoms with E-state index in [1.165, 1.54) is 12.5 Å². The Morgan fingerprint density at radius 2 is 2.00 bits per heavy atom. The quantitative estimate of drug-likeness (QED) is 0.657. The number of carbonyl (C=O) groups is 1. The van der Waals surface area contributed by atoms with Crippen molar-refractivity contribution in [1.29, 1.82) is 0 Å². The van der Waals surface area contributed by atoms with E-state index >= 15 is 0 Å². The summed E-state index contributed by atoms with van der Waals surface area (Å²) in [5.41, 5.74) is 2.21. The maximum Gasteiger partial charge on any atom is 0.308 e. The van der Waals surface area contributed by atoms with E-state index in [1.807, 2.05) is 24.4 Å². The van der Waals surface area contributed by atoms with Crippen LogP contribution in [0.25, 0.3) is 10.9 Å². The third kappa shape index (κ3) is 4.22. The van der Waals surface area contributed by atoms with Gasteiger partial charge in [0.2, 0.25) is 0 Å². The molecule has 0 fully saturated rings. The lowest BCUT2D eigenvalue weighted by molar-refractivity contribution is -0.131. The van der Waals surface area contributed by atoms with Gasteiger partial charge in [-0.3, -0.25) is 4.79 Å². The third-order valence-corrected chi connectivity index (χ3v) is 3.59. The summed E-state index contributed by atoms with van der Waals surface area (Å²) < 4.78 is 5.31. The van der Waals surface area contributed by atoms with Crippen LogP contribution in [0.5, 0.6) is 5.75 Å². The van der Waals surface area contributed by atoms with Crippen molar-refractivity contribution in [3.05, 3.63) is 30.0 Å². The van der Waals surface area contributed by atoms with Crippen LogP contribution in [0.15, 0.2) is 24.4 Å². The molecule has 4 nitrogen and oxygen atoms in total. The molecule has 0 aliphatic heterocycles. The van der Waals surface area contributed by atoms with Gasteiger partial charge in [0, 0.05) is 30.6 Å². The van der Waals surface area contributed by atoms with Gasteiger partial charge in [0.05, 0.1) is 0 Å². The molecule has 0 unspecified atom stereocenters. The number of nitrogens with one attached hydrogen (secondary N) is 1. The molecule has 1 aromatic carbocycles. The second-order valence-corrected chi connectivity index (χ2v) is 4.86. The number of H-pyrrole nitrogens is 1. The first-order chi connectivity index (χ1) is 9.65. The van der Waals surface area contributed by atoms with Gasteiger partial charge in [-0.2, -0.15) is 0 Å². The fraction of sp³-hybridized carbons (Fsp3) is 0.438. The van der Waals surface area contributed by atoms with Crippen LogP contribution in [0.3, 0.4) is 0 Å². The summed E-state index contributed by atoms with van der Waals surface area (Å²) in [5.74, 6) is 0.360. The van der Waals surface area contributed by atoms with Gasteiger partial charge in [-0.1, -0.05) is 19.9 Å². The number of halogens is 1. The van der Waals surface area contributed by atoms with E-state index in [0.717, 1.165) is 37.0 Å². The molecule has 2 aromatic rings. The number of esters is 1. The molecule has 0 radical (unpaired) electrons. The Hall–Kier alpha value is -1.52. The highest BCUT2D eigenvalue weighted by molar-refractivity contribution is 5.91. The Morgan fingerprint density at radius 3 is 2.62 bits per heavy atom. The number of hydrogen-bond donors (Lipinski definition) is 1. The Kier molecular flexibility index (Phi) is 6.72. The van der Waals surface area contributed by atoms with E-state index in [1.54, 1.807) is 0 Å². The van der Waals surface area contributed by atoms with Gasteiger partial charge in [-0.05, 0) is 37.2 Å². The largest absolute Gasteiger partial charge is 0.426 e. The maximum absolute atomic E-state index is 11.2. The number of benzene rings is 1. The first-order valence-corrected chi connectivity index (χ1v) is 7.15. The van der Waals surface area contributed by atoms with Gasteiger partial charge in [-0.15, -0.1) is 12.4 Å². The third-order valence-electron chi connectivity index (χ3n) is 3.59. The summed E-state index contributed by atoms with van der Waals surface area (Å²) in [5, 5.41) is 1.02. The van der Waals surface area contributed by atoms with E-state index in [-0.39, 0.29) is 18.4 Å². The monoisotopic (exact) mass is 310 g/mol. The van der Waals surface area contributed by atoms with Crippen LogP contribution in [0.1, 0.15) is 26.3 Å². The molecular weight excluding hydrogens is 288 g/mol. The lowest BCUT2D eigenvalue weighted by Crippen LogP contribution is -2.25. The minimum atomic E-state index is -0.284. The van der Waals surface area contributed by atoms with E-state index < -0.39 is 0 Å². The van der Waals surface area contributed by atoms with Crippen LogP contribution < -0.4 is 4.74 Å². The molecule has 116 valence electrons. The number of fused-ring (bicyclic) bond motifs is 1. The van der Waals surface area contributed by atoms with Gasteiger partial charge in [0.15, 0.2) is 0 Å². The van der Waals surface area contributed by atoms with Crippen LogP contribution in [0.4, 0.5) is 0 Å². The van der Waals surface area contributed by atoms with Crippen LogP contribution in [0.2, 0.25) is 0 Å². The fourth-order valence-electron chi connectivity index (χ4n) is 2.48. The first-order valence-electron chi connectivity index (χ1n) is 7.15. The molecule has 0 aliphatic carbocycles. The average Bonchev–Trinajstić information content (AvgIpc) is 2.84. The summed E-state index contributed by atoms with van der Waals surface area (Å²) in [6.45, 7) is 8.88. The number of carbonyl (C=O) groups excluding carboxylic acids is 1. The Bertz CT molecular complexity index is 591. The number of aromatic amines is 1. The molecule has 0 saturated heterocycles. The number of likely N-dealkylation sites (N-methyl/N-ethyl adjacent to an activating group) is 1. The molecule has 1 N–H and O–H groups in total. The van der Waals surface area contributed by atoms with E-state index in [0.29, 0.717) is 5.75 Å². The molecular formula is C16H23ClN2O2. The molecule has 2 rings (SSSR count). The number of rotatable bonds is 6. The molecule has 0 atom stereocenters. The van der Waals surface area contributed by atoms with Crippen LogP contribution in [-0.2, 0) is 11.2 Å². The van der Waals surface area contributed by atoms with Crippen LogP contribution in [0, 0.1) is 0 Å². The number of aromatic nitrogens is 1. The summed E-state index contributed by atoms with van der Waals surface area (Å²) in [6, 6.07) is 5.74. The first kappa shape index (κ1) is 17.5. The highest BCUT2D eigenvalue weighted by atomic mass is 35.5. The van der Waals surface area contributed by atoms with Crippen molar-refractivity contribution in [2.24, 2.45) is 0 Å². The standard InChI is InChI=1S/C16H22N2O2.ClH/c1-4-18(5-2)10-9-13-11-17-14-7-6-8-15(16(13)14)20-12(3)19;/h6-8,11,17H,4-5,9-10H2,1-3H3;1H. The highest BCUT2D eigenvalue weighted by Crippen LogP contribution is 2.29. The van der Waals surface area contributed by atoms with Gasteiger partial charge in [-0.25, -0.2) is 0 Å². The highest BCUT2D eigenvalue weighted by Gasteiger charge is 2.11. The summed E-state index contributed by atoms with van der Waals surface area (Å²) in [4.78, 5) is 16.8. The fourth-order valence-corrected chi connectivity index (χ4v) is 2.48. The van der Waals surface area contributed by atoms with Gasteiger partial charge in [0.25, 0.3) is 0 Å². The second kappa shape index (κ2) is 8.05. The molecule has 5 heteroatoms. The zero-order valence-electron chi connectivity index (χ0n) is 12.8. The smallest absolute Gasteiger partial charge is 0.308 e. The molecule has 0 spiro atoms. The predicted octanol–water partition coefficient (Wildman–Crippen LogP) is 3.40. The molecule has 0 saturated carbocycles. The van der Waals surface area contributed by atoms with Crippen molar-refractivity contribution < 1.29 is 9.53 Å². The minimum Gasteiger partial charge on any atom is -0.426 e. The Morgan fingerprint density at radius 1 is 1.29 bits per heavy atom. The van der Waals surface area contributed by atoms with Crippen LogP contribution in [-0.4, -0.2) is 35.5 Å². The van der Waals surface area contributed by atoms with Crippen molar-refractivity contribution in [1.82, 2.24) is 9.88 Å². The van der Waals surface area contributed by atoms with Crippen molar-refractivity contribution >= 4 is 29.3 Å². The molecule has 1 aromatic heterocycles. The summed E-state index contributed by atoms with van der Waals surface area (Å²) in [7, 11) is 0. The second-order valence-electron chi connectivity index (χ2n) is 4.86. The number of hydrogen-bond acceptors (Lipinski definition) is 3. The van der Waals surface area contributed by atoms with E-state index in [4.69, 9.17) is 4.74 Å². The topological polar surface area (TPSA) is 45.3 Å². The van der Waals surface area contributed by atoms with Gasteiger partial charge >= 0.3 is 5.97 Å². The molecule has 1 heterocycles. The van der Waals surface area contributed by atoms with Crippen molar-refractivity contribution in [3.8, 4) is 5.75 Å². The zero-order chi connectivity index (χ0) is 14.5. The maximum atomic E-state index is 11.2. The van der Waals surface area contributed by atoms with Crippen LogP contribution >= 0.6 is 12.4 Å². The SMILES string of the molecule is CCN(CC)CCc1c[nH]c2cccc(OC(C)=O)c12.Cl. The van der Waals surface area contributed by atoms with Gasteiger partial charge < -0.3 is 14.6 Å². The molecule has 21 heavy (non-hydrogen) atoms. The van der Waals surface area contributed by atoms with E-state index in [9.17, 15) is 4.79 Å². The lowest BCUT2D eigenvalue weighted by atomic mass is 10.1. The lowest BCUT2D eigenvalue weighted by Gasteiger charge is -2.17. The van der Waals surface area contributed by atoms with Gasteiger partial charge in [0.1, 0.15) is 5.75 Å². The normalized spacial score (nSPS) is 10.7. The Balaban J connectivity index is 0.00000220. The van der Waals surface area contributed by atoms with Crippen molar-refractivity contribution in [2.75, 3.05) is 19.6 Å². The Labute approximate surface area is 131 Å². The number of nitrogens with zero attached hydrogens (tertiary/aromatic N) is 1. The average molecular weight is 311 g/mol. The molecule has 0 amide bonds. The van der Waals surface area contributed by atoms with Crippen molar-refractivity contribution in [2.45, 2.75) is 27.2 Å². The number of ether oxygens (including phenoxy) is 1. The minimum absolute atomic E-state index is 0. The summed E-state index contributed by atoms with van der Waals surface area (Å²) >= 11 is 0. The molecule has 0 aliphatic rings. The van der Waals surface area contributed by atoms with E-state index in [2.05, 4.69) is 23.7 Å². The predicted molar refractivity (Wildman–Crippen MR) is 88.3 cm³/mol. The zero-order valence-corrected chi connectivity index (χ0v) is 13.6. The summed E-state index contributed by atoms with van der Waals surface area (Å²) in [6.07, 6.45) is 2.96. The van der Waals surface area contributed by atoms with Crippen molar-refractivity contribution in [3.63, 3.8) is 0 Å².